The standard InChI is InChI=1S/C17H16ClN3OS/c1-10-5-11(2)15-12(6-10)7-14(16(18)21-15)17(22)19-4-3-13-8-23-9-20-13/h5-9H,3-4H2,1-2H3,(H,19,22). The number of carbonyl (C=O) groups is 1. The summed E-state index contributed by atoms with van der Waals surface area (Å²) < 4.78 is 0. The molecule has 1 N–H and O–H groups in total. The Morgan fingerprint density at radius 3 is 2.87 bits per heavy atom. The summed E-state index contributed by atoms with van der Waals surface area (Å²) in [6.45, 7) is 4.53. The first kappa shape index (κ1) is 15.9. The van der Waals surface area contributed by atoms with Gasteiger partial charge in [-0.2, -0.15) is 0 Å². The molecular weight excluding hydrogens is 330 g/mol. The number of fused-ring (bicyclic) bond motifs is 1. The molecule has 0 spiro atoms. The largest absolute Gasteiger partial charge is 0.352 e. The predicted molar refractivity (Wildman–Crippen MR) is 94.4 cm³/mol. The number of benzene rings is 1. The van der Waals surface area contributed by atoms with Crippen molar-refractivity contribution in [2.45, 2.75) is 20.3 Å². The molecule has 4 nitrogen and oxygen atoms in total. The first-order valence-corrected chi connectivity index (χ1v) is 8.59. The summed E-state index contributed by atoms with van der Waals surface area (Å²) >= 11 is 7.75. The van der Waals surface area contributed by atoms with Gasteiger partial charge in [0.1, 0.15) is 5.15 Å². The van der Waals surface area contributed by atoms with Gasteiger partial charge in [0.2, 0.25) is 0 Å². The lowest BCUT2D eigenvalue weighted by Crippen LogP contribution is -2.26. The average Bonchev–Trinajstić information content (AvgIpc) is 3.00. The zero-order valence-electron chi connectivity index (χ0n) is 12.9. The van der Waals surface area contributed by atoms with E-state index in [1.54, 1.807) is 16.8 Å². The Labute approximate surface area is 143 Å². The summed E-state index contributed by atoms with van der Waals surface area (Å²) in [5.74, 6) is -0.209. The third-order valence-electron chi connectivity index (χ3n) is 3.60. The van der Waals surface area contributed by atoms with E-state index in [-0.39, 0.29) is 11.1 Å². The molecule has 0 saturated carbocycles. The fourth-order valence-corrected chi connectivity index (χ4v) is 3.37. The lowest BCUT2D eigenvalue weighted by molar-refractivity contribution is 0.0954. The number of hydrogen-bond acceptors (Lipinski definition) is 4. The van der Waals surface area contributed by atoms with E-state index in [1.807, 2.05) is 31.4 Å². The van der Waals surface area contributed by atoms with Crippen LogP contribution in [0.25, 0.3) is 10.9 Å². The van der Waals surface area contributed by atoms with Crippen molar-refractivity contribution in [3.63, 3.8) is 0 Å². The van der Waals surface area contributed by atoms with Crippen LogP contribution in [0.5, 0.6) is 0 Å². The minimum absolute atomic E-state index is 0.209. The third kappa shape index (κ3) is 3.51. The van der Waals surface area contributed by atoms with Gasteiger partial charge >= 0.3 is 0 Å². The molecule has 118 valence electrons. The van der Waals surface area contributed by atoms with E-state index in [0.717, 1.165) is 27.7 Å². The Kier molecular flexibility index (Phi) is 4.59. The zero-order valence-corrected chi connectivity index (χ0v) is 14.5. The fraction of sp³-hybridized carbons (Fsp3) is 0.235. The van der Waals surface area contributed by atoms with E-state index in [0.29, 0.717) is 18.5 Å². The molecule has 0 fully saturated rings. The third-order valence-corrected chi connectivity index (χ3v) is 4.52. The highest BCUT2D eigenvalue weighted by Crippen LogP contribution is 2.24. The molecule has 0 bridgehead atoms. The molecule has 0 aliphatic rings. The van der Waals surface area contributed by atoms with Crippen LogP contribution >= 0.6 is 22.9 Å². The van der Waals surface area contributed by atoms with Gasteiger partial charge in [-0.05, 0) is 31.5 Å². The van der Waals surface area contributed by atoms with Gasteiger partial charge in [0.05, 0.1) is 22.3 Å². The van der Waals surface area contributed by atoms with E-state index in [9.17, 15) is 4.79 Å². The Hall–Kier alpha value is -1.98. The van der Waals surface area contributed by atoms with Crippen molar-refractivity contribution in [3.8, 4) is 0 Å². The van der Waals surface area contributed by atoms with Gasteiger partial charge in [-0.3, -0.25) is 4.79 Å². The number of nitrogens with zero attached hydrogens (tertiary/aromatic N) is 2. The molecule has 0 aliphatic heterocycles. The second-order valence-electron chi connectivity index (χ2n) is 5.47. The second kappa shape index (κ2) is 6.64. The highest BCUT2D eigenvalue weighted by Gasteiger charge is 2.14. The van der Waals surface area contributed by atoms with Crippen molar-refractivity contribution >= 4 is 39.7 Å². The van der Waals surface area contributed by atoms with Crippen LogP contribution in [-0.4, -0.2) is 22.4 Å². The van der Waals surface area contributed by atoms with Crippen LogP contribution in [0, 0.1) is 13.8 Å². The Morgan fingerprint density at radius 2 is 2.13 bits per heavy atom. The molecule has 2 aromatic heterocycles. The number of aryl methyl sites for hydroxylation is 2. The van der Waals surface area contributed by atoms with Crippen molar-refractivity contribution in [2.75, 3.05) is 6.54 Å². The molecule has 3 aromatic rings. The molecule has 0 unspecified atom stereocenters. The van der Waals surface area contributed by atoms with Crippen LogP contribution in [0.4, 0.5) is 0 Å². The number of thiazole rings is 1. The number of amides is 1. The minimum atomic E-state index is -0.209. The van der Waals surface area contributed by atoms with Crippen molar-refractivity contribution in [3.05, 3.63) is 56.6 Å². The van der Waals surface area contributed by atoms with E-state index in [2.05, 4.69) is 21.4 Å². The molecule has 0 saturated heterocycles. The molecule has 1 aromatic carbocycles. The van der Waals surface area contributed by atoms with E-state index >= 15 is 0 Å². The van der Waals surface area contributed by atoms with Gasteiger partial charge in [-0.15, -0.1) is 11.3 Å². The maximum Gasteiger partial charge on any atom is 0.254 e. The monoisotopic (exact) mass is 345 g/mol. The molecule has 0 atom stereocenters. The quantitative estimate of drug-likeness (QED) is 0.729. The van der Waals surface area contributed by atoms with Crippen LogP contribution in [0.3, 0.4) is 0 Å². The van der Waals surface area contributed by atoms with Gasteiger partial charge in [-0.25, -0.2) is 9.97 Å². The molecule has 0 radical (unpaired) electrons. The van der Waals surface area contributed by atoms with Crippen molar-refractivity contribution < 1.29 is 4.79 Å². The average molecular weight is 346 g/mol. The molecule has 3 rings (SSSR count). The fourth-order valence-electron chi connectivity index (χ4n) is 2.55. The van der Waals surface area contributed by atoms with Crippen LogP contribution < -0.4 is 5.32 Å². The Morgan fingerprint density at radius 1 is 1.30 bits per heavy atom. The number of aromatic nitrogens is 2. The molecular formula is C17H16ClN3OS. The van der Waals surface area contributed by atoms with Crippen molar-refractivity contribution in [2.24, 2.45) is 0 Å². The van der Waals surface area contributed by atoms with Crippen molar-refractivity contribution in [1.29, 1.82) is 0 Å². The predicted octanol–water partition coefficient (Wildman–Crippen LogP) is 3.93. The van der Waals surface area contributed by atoms with Gasteiger partial charge in [0, 0.05) is 23.7 Å². The van der Waals surface area contributed by atoms with Gasteiger partial charge in [-0.1, -0.05) is 23.2 Å². The molecule has 0 aliphatic carbocycles. The summed E-state index contributed by atoms with van der Waals surface area (Å²) in [4.78, 5) is 20.9. The highest BCUT2D eigenvalue weighted by atomic mass is 35.5. The first-order valence-electron chi connectivity index (χ1n) is 7.27. The normalized spacial score (nSPS) is 10.9. The summed E-state index contributed by atoms with van der Waals surface area (Å²) in [7, 11) is 0. The zero-order chi connectivity index (χ0) is 16.4. The lowest BCUT2D eigenvalue weighted by Gasteiger charge is -2.09. The Balaban J connectivity index is 1.81. The van der Waals surface area contributed by atoms with E-state index in [4.69, 9.17) is 11.6 Å². The number of nitrogens with one attached hydrogen (secondary N) is 1. The highest BCUT2D eigenvalue weighted by molar-refractivity contribution is 7.07. The van der Waals surface area contributed by atoms with Crippen LogP contribution in [-0.2, 0) is 6.42 Å². The summed E-state index contributed by atoms with van der Waals surface area (Å²) in [5.41, 5.74) is 6.18. The molecule has 6 heteroatoms. The lowest BCUT2D eigenvalue weighted by atomic mass is 10.1. The van der Waals surface area contributed by atoms with Gasteiger partial charge < -0.3 is 5.32 Å². The summed E-state index contributed by atoms with van der Waals surface area (Å²) in [5, 5.41) is 6.01. The number of carbonyl (C=O) groups excluding carboxylic acids is 1. The summed E-state index contributed by atoms with van der Waals surface area (Å²) in [6.07, 6.45) is 0.700. The Bertz CT molecular complexity index is 862. The number of rotatable bonds is 4. The number of hydrogen-bond donors (Lipinski definition) is 1. The van der Waals surface area contributed by atoms with E-state index in [1.165, 1.54) is 0 Å². The van der Waals surface area contributed by atoms with E-state index < -0.39 is 0 Å². The topological polar surface area (TPSA) is 54.9 Å². The first-order chi connectivity index (χ1) is 11.0. The molecule has 23 heavy (non-hydrogen) atoms. The maximum absolute atomic E-state index is 12.4. The van der Waals surface area contributed by atoms with Gasteiger partial charge in [0.15, 0.2) is 0 Å². The number of pyridine rings is 1. The second-order valence-corrected chi connectivity index (χ2v) is 6.54. The SMILES string of the molecule is Cc1cc(C)c2nc(Cl)c(C(=O)NCCc3cscn3)cc2c1. The molecule has 2 heterocycles. The van der Waals surface area contributed by atoms with Crippen LogP contribution in [0.15, 0.2) is 29.1 Å². The minimum Gasteiger partial charge on any atom is -0.352 e. The van der Waals surface area contributed by atoms with Gasteiger partial charge in [0.25, 0.3) is 5.91 Å². The molecule has 1 amide bonds. The van der Waals surface area contributed by atoms with Crippen molar-refractivity contribution in [1.82, 2.24) is 15.3 Å². The smallest absolute Gasteiger partial charge is 0.254 e. The van der Waals surface area contributed by atoms with Crippen LogP contribution in [0.1, 0.15) is 27.2 Å². The maximum atomic E-state index is 12.4. The summed E-state index contributed by atoms with van der Waals surface area (Å²) in [6, 6.07) is 5.87. The number of halogens is 1. The van der Waals surface area contributed by atoms with Crippen LogP contribution in [0.2, 0.25) is 5.15 Å².